The molecule has 0 aromatic heterocycles. The number of aliphatic hydroxyl groups is 1. The van der Waals surface area contributed by atoms with Gasteiger partial charge in [-0.25, -0.2) is 0 Å². The molecule has 1 N–H and O–H groups in total. The largest absolute Gasteiger partial charge is 0.493 e. The van der Waals surface area contributed by atoms with E-state index in [0.29, 0.717) is 27.6 Å². The van der Waals surface area contributed by atoms with Crippen molar-refractivity contribution in [2.24, 2.45) is 0 Å². The third-order valence-corrected chi connectivity index (χ3v) is 4.02. The highest BCUT2D eigenvalue weighted by atomic mass is 35.5. The molecule has 2 aromatic rings. The molecule has 24 heavy (non-hydrogen) atoms. The lowest BCUT2D eigenvalue weighted by Gasteiger charge is -2.22. The molecule has 6 heteroatoms. The van der Waals surface area contributed by atoms with E-state index in [1.165, 1.54) is 12.0 Å². The maximum Gasteiger partial charge on any atom is 0.255 e. The Bertz CT molecular complexity index is 720. The average molecular weight is 350 g/mol. The molecule has 0 spiro atoms. The number of ether oxygens (including phenoxy) is 2. The summed E-state index contributed by atoms with van der Waals surface area (Å²) in [5.74, 6) is 0.850. The first kappa shape index (κ1) is 18.1. The summed E-state index contributed by atoms with van der Waals surface area (Å²) in [7, 11) is 4.70. The Kier molecular flexibility index (Phi) is 6.06. The first-order valence-electron chi connectivity index (χ1n) is 7.38. The highest BCUT2D eigenvalue weighted by Gasteiger charge is 2.19. The summed E-state index contributed by atoms with van der Waals surface area (Å²) < 4.78 is 10.4. The van der Waals surface area contributed by atoms with Crippen LogP contribution in [0.3, 0.4) is 0 Å². The van der Waals surface area contributed by atoms with Crippen molar-refractivity contribution in [3.05, 3.63) is 58.6 Å². The Morgan fingerprint density at radius 1 is 1.17 bits per heavy atom. The van der Waals surface area contributed by atoms with Crippen LogP contribution in [0.4, 0.5) is 0 Å². The summed E-state index contributed by atoms with van der Waals surface area (Å²) in [6, 6.07) is 12.0. The van der Waals surface area contributed by atoms with Gasteiger partial charge in [0.15, 0.2) is 11.5 Å². The van der Waals surface area contributed by atoms with Gasteiger partial charge in [-0.3, -0.25) is 4.79 Å². The number of amides is 1. The van der Waals surface area contributed by atoms with Crippen LogP contribution in [0.2, 0.25) is 5.02 Å². The lowest BCUT2D eigenvalue weighted by molar-refractivity contribution is 0.0681. The quantitative estimate of drug-likeness (QED) is 0.870. The predicted molar refractivity (Wildman–Crippen MR) is 92.9 cm³/mol. The minimum atomic E-state index is -0.860. The molecule has 0 saturated heterocycles. The minimum Gasteiger partial charge on any atom is -0.493 e. The molecule has 0 bridgehead atoms. The second-order valence-corrected chi connectivity index (χ2v) is 5.70. The average Bonchev–Trinajstić information content (AvgIpc) is 2.60. The van der Waals surface area contributed by atoms with E-state index in [1.807, 2.05) is 0 Å². The number of nitrogens with zero attached hydrogens (tertiary/aromatic N) is 1. The molecule has 5 nitrogen and oxygen atoms in total. The van der Waals surface area contributed by atoms with E-state index < -0.39 is 6.10 Å². The third kappa shape index (κ3) is 3.99. The van der Waals surface area contributed by atoms with Crippen molar-refractivity contribution in [1.82, 2.24) is 4.90 Å². The monoisotopic (exact) mass is 349 g/mol. The van der Waals surface area contributed by atoms with Gasteiger partial charge in [0.25, 0.3) is 5.91 Å². The standard InChI is InChI=1S/C18H20ClNO4/c1-20(18(22)13-6-4-5-7-14(13)19)11-15(21)12-8-9-16(23-2)17(10-12)24-3/h4-10,15,21H,11H2,1-3H3. The van der Waals surface area contributed by atoms with E-state index in [4.69, 9.17) is 21.1 Å². The Labute approximate surface area is 146 Å². The number of halogens is 1. The van der Waals surface area contributed by atoms with Gasteiger partial charge in [0, 0.05) is 7.05 Å². The van der Waals surface area contributed by atoms with Crippen molar-refractivity contribution >= 4 is 17.5 Å². The van der Waals surface area contributed by atoms with Gasteiger partial charge in [-0.2, -0.15) is 0 Å². The van der Waals surface area contributed by atoms with Crippen molar-refractivity contribution in [3.8, 4) is 11.5 Å². The molecule has 128 valence electrons. The number of likely N-dealkylation sites (N-methyl/N-ethyl adjacent to an activating group) is 1. The summed E-state index contributed by atoms with van der Waals surface area (Å²) in [6.07, 6.45) is -0.860. The fraction of sp³-hybridized carbons (Fsp3) is 0.278. The van der Waals surface area contributed by atoms with E-state index in [9.17, 15) is 9.90 Å². The molecular weight excluding hydrogens is 330 g/mol. The first-order chi connectivity index (χ1) is 11.5. The summed E-state index contributed by atoms with van der Waals surface area (Å²) in [6.45, 7) is 0.125. The second kappa shape index (κ2) is 8.04. The fourth-order valence-corrected chi connectivity index (χ4v) is 2.56. The van der Waals surface area contributed by atoms with Crippen LogP contribution in [-0.4, -0.2) is 43.7 Å². The van der Waals surface area contributed by atoms with E-state index in [-0.39, 0.29) is 12.5 Å². The summed E-state index contributed by atoms with van der Waals surface area (Å²) in [4.78, 5) is 13.9. The number of carbonyl (C=O) groups excluding carboxylic acids is 1. The van der Waals surface area contributed by atoms with Crippen molar-refractivity contribution in [2.45, 2.75) is 6.10 Å². The molecule has 0 aliphatic carbocycles. The molecule has 1 atom stereocenters. The lowest BCUT2D eigenvalue weighted by Crippen LogP contribution is -2.31. The summed E-state index contributed by atoms with van der Waals surface area (Å²) >= 11 is 6.05. The van der Waals surface area contributed by atoms with Gasteiger partial charge >= 0.3 is 0 Å². The number of rotatable bonds is 6. The topological polar surface area (TPSA) is 59.0 Å². The van der Waals surface area contributed by atoms with Gasteiger partial charge < -0.3 is 19.5 Å². The predicted octanol–water partition coefficient (Wildman–Crippen LogP) is 3.16. The number of hydrogen-bond donors (Lipinski definition) is 1. The van der Waals surface area contributed by atoms with Crippen molar-refractivity contribution in [3.63, 3.8) is 0 Å². The van der Waals surface area contributed by atoms with Crippen LogP contribution in [0.5, 0.6) is 11.5 Å². The van der Waals surface area contributed by atoms with Crippen LogP contribution in [0.25, 0.3) is 0 Å². The maximum atomic E-state index is 12.4. The van der Waals surface area contributed by atoms with E-state index in [0.717, 1.165) is 0 Å². The molecule has 0 aliphatic rings. The van der Waals surface area contributed by atoms with Gasteiger partial charge in [-0.05, 0) is 29.8 Å². The fourth-order valence-electron chi connectivity index (χ4n) is 2.35. The van der Waals surface area contributed by atoms with E-state index in [1.54, 1.807) is 56.6 Å². The molecule has 0 heterocycles. The molecular formula is C18H20ClNO4. The van der Waals surface area contributed by atoms with Crippen LogP contribution < -0.4 is 9.47 Å². The summed E-state index contributed by atoms with van der Waals surface area (Å²) in [5.41, 5.74) is 1.03. The van der Waals surface area contributed by atoms with Gasteiger partial charge in [-0.15, -0.1) is 0 Å². The number of carbonyl (C=O) groups is 1. The lowest BCUT2D eigenvalue weighted by atomic mass is 10.1. The highest BCUT2D eigenvalue weighted by Crippen LogP contribution is 2.30. The number of methoxy groups -OCH3 is 2. The SMILES string of the molecule is COc1ccc(C(O)CN(C)C(=O)c2ccccc2Cl)cc1OC. The molecule has 1 amide bonds. The van der Waals surface area contributed by atoms with E-state index >= 15 is 0 Å². The van der Waals surface area contributed by atoms with Crippen molar-refractivity contribution in [2.75, 3.05) is 27.8 Å². The Morgan fingerprint density at radius 2 is 1.83 bits per heavy atom. The van der Waals surface area contributed by atoms with E-state index in [2.05, 4.69) is 0 Å². The van der Waals surface area contributed by atoms with Crippen LogP contribution in [0, 0.1) is 0 Å². The molecule has 0 aliphatic heterocycles. The molecule has 0 fully saturated rings. The zero-order valence-electron chi connectivity index (χ0n) is 13.8. The highest BCUT2D eigenvalue weighted by molar-refractivity contribution is 6.33. The Morgan fingerprint density at radius 3 is 2.46 bits per heavy atom. The van der Waals surface area contributed by atoms with Gasteiger partial charge in [-0.1, -0.05) is 29.8 Å². The number of benzene rings is 2. The molecule has 0 saturated carbocycles. The molecule has 0 radical (unpaired) electrons. The van der Waals surface area contributed by atoms with Gasteiger partial charge in [0.1, 0.15) is 0 Å². The summed E-state index contributed by atoms with van der Waals surface area (Å²) in [5, 5.41) is 10.8. The van der Waals surface area contributed by atoms with Crippen LogP contribution in [0.1, 0.15) is 22.0 Å². The number of aliphatic hydroxyl groups excluding tert-OH is 1. The smallest absolute Gasteiger partial charge is 0.255 e. The zero-order chi connectivity index (χ0) is 17.7. The molecule has 2 aromatic carbocycles. The minimum absolute atomic E-state index is 0.125. The maximum absolute atomic E-state index is 12.4. The van der Waals surface area contributed by atoms with Gasteiger partial charge in [0.2, 0.25) is 0 Å². The molecule has 2 rings (SSSR count). The third-order valence-electron chi connectivity index (χ3n) is 3.69. The zero-order valence-corrected chi connectivity index (χ0v) is 14.6. The Hall–Kier alpha value is -2.24. The van der Waals surface area contributed by atoms with Crippen LogP contribution >= 0.6 is 11.6 Å². The van der Waals surface area contributed by atoms with Crippen molar-refractivity contribution in [1.29, 1.82) is 0 Å². The normalized spacial score (nSPS) is 11.7. The first-order valence-corrected chi connectivity index (χ1v) is 7.75. The molecule has 1 unspecified atom stereocenters. The van der Waals surface area contributed by atoms with Crippen molar-refractivity contribution < 1.29 is 19.4 Å². The van der Waals surface area contributed by atoms with Crippen LogP contribution in [0.15, 0.2) is 42.5 Å². The van der Waals surface area contributed by atoms with Crippen LogP contribution in [-0.2, 0) is 0 Å². The number of hydrogen-bond acceptors (Lipinski definition) is 4. The second-order valence-electron chi connectivity index (χ2n) is 5.30. The Balaban J connectivity index is 2.13. The van der Waals surface area contributed by atoms with Gasteiger partial charge in [0.05, 0.1) is 37.5 Å².